The number of aromatic nitrogens is 2. The first kappa shape index (κ1) is 17.5. The number of rotatable bonds is 3. The number of benzene rings is 2. The molecule has 0 saturated carbocycles. The number of allylic oxidation sites excluding steroid dienone is 1. The van der Waals surface area contributed by atoms with Crippen molar-refractivity contribution in [3.63, 3.8) is 0 Å². The molecule has 0 atom stereocenters. The van der Waals surface area contributed by atoms with Crippen LogP contribution < -0.4 is 0 Å². The fourth-order valence-corrected chi connectivity index (χ4v) is 3.69. The number of imidazole rings is 1. The summed E-state index contributed by atoms with van der Waals surface area (Å²) in [5.41, 5.74) is 8.04. The average molecular weight is 375 g/mol. The lowest BCUT2D eigenvalue weighted by atomic mass is 10.0. The number of nitrogens with zero attached hydrogens (tertiary/aromatic N) is 2. The molecule has 27 heavy (non-hydrogen) atoms. The van der Waals surface area contributed by atoms with E-state index in [0.29, 0.717) is 10.5 Å². The molecular formula is C22H21N3OS. The maximum Gasteiger partial charge on any atom is 0.222 e. The highest BCUT2D eigenvalue weighted by atomic mass is 32.1. The lowest BCUT2D eigenvalue weighted by Gasteiger charge is -2.07. The van der Waals surface area contributed by atoms with E-state index in [1.54, 1.807) is 4.57 Å². The van der Waals surface area contributed by atoms with Gasteiger partial charge in [0, 0.05) is 17.4 Å². The summed E-state index contributed by atoms with van der Waals surface area (Å²) in [5, 5.41) is 10.8. The molecule has 1 aliphatic heterocycles. The van der Waals surface area contributed by atoms with E-state index in [1.807, 2.05) is 43.5 Å². The number of aromatic hydroxyl groups is 1. The minimum absolute atomic E-state index is 0.101. The number of H-pyrrole nitrogens is 1. The highest BCUT2D eigenvalue weighted by Gasteiger charge is 2.17. The zero-order valence-corrected chi connectivity index (χ0v) is 16.4. The third kappa shape index (κ3) is 2.94. The molecule has 0 aliphatic carbocycles. The maximum atomic E-state index is 10.8. The Hall–Kier alpha value is -2.92. The summed E-state index contributed by atoms with van der Waals surface area (Å²) in [6, 6.07) is 12.2. The highest BCUT2D eigenvalue weighted by molar-refractivity contribution is 7.71. The predicted octanol–water partition coefficient (Wildman–Crippen LogP) is 5.68. The van der Waals surface area contributed by atoms with Gasteiger partial charge in [-0.2, -0.15) is 0 Å². The van der Waals surface area contributed by atoms with Gasteiger partial charge in [-0.25, -0.2) is 0 Å². The Morgan fingerprint density at radius 1 is 1.19 bits per heavy atom. The average Bonchev–Trinajstić information content (AvgIpc) is 3.19. The van der Waals surface area contributed by atoms with E-state index in [0.717, 1.165) is 34.5 Å². The van der Waals surface area contributed by atoms with E-state index in [4.69, 9.17) is 12.2 Å². The third-order valence-electron chi connectivity index (χ3n) is 5.09. The first-order valence-electron chi connectivity index (χ1n) is 8.99. The molecule has 136 valence electrons. The second-order valence-electron chi connectivity index (χ2n) is 6.80. The molecule has 1 aliphatic rings. The van der Waals surface area contributed by atoms with Crippen molar-refractivity contribution in [2.45, 2.75) is 27.2 Å². The molecule has 2 aromatic carbocycles. The van der Waals surface area contributed by atoms with Gasteiger partial charge in [0.15, 0.2) is 4.77 Å². The largest absolute Gasteiger partial charge is 0.493 e. The van der Waals surface area contributed by atoms with Crippen LogP contribution in [-0.4, -0.2) is 20.9 Å². The Labute approximate surface area is 163 Å². The molecule has 0 fully saturated rings. The number of hydrogen-bond acceptors (Lipinski definition) is 3. The number of nitrogens with one attached hydrogen (secondary N) is 1. The van der Waals surface area contributed by atoms with E-state index in [1.165, 1.54) is 11.1 Å². The molecule has 0 radical (unpaired) electrons. The molecule has 0 unspecified atom stereocenters. The van der Waals surface area contributed by atoms with Crippen LogP contribution in [0.2, 0.25) is 0 Å². The number of aliphatic imine (C=N–C) groups is 1. The molecule has 0 amide bonds. The van der Waals surface area contributed by atoms with E-state index < -0.39 is 0 Å². The topological polar surface area (TPSA) is 53.3 Å². The van der Waals surface area contributed by atoms with Crippen molar-refractivity contribution in [1.82, 2.24) is 9.55 Å². The highest BCUT2D eigenvalue weighted by Crippen LogP contribution is 2.37. The van der Waals surface area contributed by atoms with Gasteiger partial charge in [-0.15, -0.1) is 0 Å². The van der Waals surface area contributed by atoms with Crippen LogP contribution in [0.25, 0.3) is 17.3 Å². The number of hydrogen-bond donors (Lipinski definition) is 2. The van der Waals surface area contributed by atoms with Crippen molar-refractivity contribution >= 4 is 35.8 Å². The van der Waals surface area contributed by atoms with Crippen LogP contribution in [-0.2, 0) is 6.42 Å². The molecule has 0 saturated heterocycles. The first-order valence-corrected chi connectivity index (χ1v) is 9.40. The fraction of sp³-hybridized carbons (Fsp3) is 0.182. The van der Waals surface area contributed by atoms with Gasteiger partial charge in [-0.3, -0.25) is 9.56 Å². The Morgan fingerprint density at radius 2 is 2.00 bits per heavy atom. The molecule has 5 heteroatoms. The normalized spacial score (nSPS) is 14.1. The summed E-state index contributed by atoms with van der Waals surface area (Å²) in [4.78, 5) is 7.69. The van der Waals surface area contributed by atoms with E-state index in [9.17, 15) is 5.11 Å². The lowest BCUT2D eigenvalue weighted by Crippen LogP contribution is -1.95. The molecule has 2 N–H and O–H groups in total. The van der Waals surface area contributed by atoms with Gasteiger partial charge < -0.3 is 10.1 Å². The zero-order chi connectivity index (χ0) is 19.1. The van der Waals surface area contributed by atoms with Crippen molar-refractivity contribution in [3.8, 4) is 11.6 Å². The van der Waals surface area contributed by atoms with Crippen molar-refractivity contribution in [3.05, 3.63) is 69.1 Å². The number of fused-ring (bicyclic) bond motifs is 1. The summed E-state index contributed by atoms with van der Waals surface area (Å²) < 4.78 is 2.11. The standard InChI is InChI=1S/C22H21N3OS/c1-4-15-6-5-7-18-16(12-23-20(15)18)11-19-21(26)25(22(27)24-19)17-9-8-13(2)14(3)10-17/h5-12,26H,4H2,1-3H3,(H,24,27). The number of para-hydroxylation sites is 1. The molecule has 4 nitrogen and oxygen atoms in total. The monoisotopic (exact) mass is 375 g/mol. The van der Waals surface area contributed by atoms with E-state index in [-0.39, 0.29) is 5.88 Å². The van der Waals surface area contributed by atoms with E-state index in [2.05, 4.69) is 36.0 Å². The second-order valence-corrected chi connectivity index (χ2v) is 7.18. The molecular weight excluding hydrogens is 354 g/mol. The quantitative estimate of drug-likeness (QED) is 0.579. The van der Waals surface area contributed by atoms with Gasteiger partial charge in [-0.05, 0) is 67.4 Å². The third-order valence-corrected chi connectivity index (χ3v) is 5.37. The van der Waals surface area contributed by atoms with Crippen LogP contribution in [0, 0.1) is 18.6 Å². The van der Waals surface area contributed by atoms with E-state index >= 15 is 0 Å². The molecule has 0 bridgehead atoms. The van der Waals surface area contributed by atoms with Gasteiger partial charge in [-0.1, -0.05) is 31.2 Å². The van der Waals surface area contributed by atoms with Gasteiger partial charge in [0.25, 0.3) is 0 Å². The fourth-order valence-electron chi connectivity index (χ4n) is 3.38. The Morgan fingerprint density at radius 3 is 2.74 bits per heavy atom. The summed E-state index contributed by atoms with van der Waals surface area (Å²) in [6.45, 7) is 6.23. The number of aryl methyl sites for hydroxylation is 3. The Bertz CT molecular complexity index is 1160. The van der Waals surface area contributed by atoms with Crippen molar-refractivity contribution < 1.29 is 5.11 Å². The van der Waals surface area contributed by atoms with Crippen molar-refractivity contribution in [2.24, 2.45) is 4.99 Å². The minimum atomic E-state index is 0.101. The summed E-state index contributed by atoms with van der Waals surface area (Å²) in [5.74, 6) is 0.101. The van der Waals surface area contributed by atoms with Crippen LogP contribution in [0.3, 0.4) is 0 Å². The molecule has 0 spiro atoms. The SMILES string of the molecule is CCc1cccc2c1N=CC2=Cc1[nH]c(=S)n(-c2ccc(C)c(C)c2)c1O. The number of aromatic amines is 1. The predicted molar refractivity (Wildman–Crippen MR) is 114 cm³/mol. The minimum Gasteiger partial charge on any atom is -0.493 e. The van der Waals surface area contributed by atoms with Crippen LogP contribution in [0.4, 0.5) is 5.69 Å². The van der Waals surface area contributed by atoms with Gasteiger partial charge in [0.2, 0.25) is 5.88 Å². The van der Waals surface area contributed by atoms with Crippen LogP contribution >= 0.6 is 12.2 Å². The second kappa shape index (κ2) is 6.67. The van der Waals surface area contributed by atoms with Gasteiger partial charge in [0.05, 0.1) is 11.4 Å². The van der Waals surface area contributed by atoms with Crippen LogP contribution in [0.5, 0.6) is 5.88 Å². The van der Waals surface area contributed by atoms with Gasteiger partial charge >= 0.3 is 0 Å². The van der Waals surface area contributed by atoms with Crippen LogP contribution in [0.15, 0.2) is 41.4 Å². The Balaban J connectivity index is 1.80. The zero-order valence-electron chi connectivity index (χ0n) is 15.6. The summed E-state index contributed by atoms with van der Waals surface area (Å²) >= 11 is 5.46. The summed E-state index contributed by atoms with van der Waals surface area (Å²) in [7, 11) is 0. The van der Waals surface area contributed by atoms with Gasteiger partial charge in [0.1, 0.15) is 5.69 Å². The van der Waals surface area contributed by atoms with Crippen molar-refractivity contribution in [2.75, 3.05) is 0 Å². The molecule has 2 heterocycles. The maximum absolute atomic E-state index is 10.8. The Kier molecular flexibility index (Phi) is 4.32. The molecule has 3 aromatic rings. The summed E-state index contributed by atoms with van der Waals surface area (Å²) in [6.07, 6.45) is 4.68. The van der Waals surface area contributed by atoms with Crippen molar-refractivity contribution in [1.29, 1.82) is 0 Å². The van der Waals surface area contributed by atoms with Crippen LogP contribution in [0.1, 0.15) is 34.9 Å². The first-order chi connectivity index (χ1) is 13.0. The molecule has 1 aromatic heterocycles. The lowest BCUT2D eigenvalue weighted by molar-refractivity contribution is 0.441. The smallest absolute Gasteiger partial charge is 0.222 e. The molecule has 4 rings (SSSR count).